The quantitative estimate of drug-likeness (QED) is 0.757. The first-order valence-corrected chi connectivity index (χ1v) is 6.14. The van der Waals surface area contributed by atoms with Gasteiger partial charge in [0.1, 0.15) is 5.82 Å². The van der Waals surface area contributed by atoms with Crippen molar-refractivity contribution in [2.24, 2.45) is 0 Å². The number of carbonyl (C=O) groups is 1. The fourth-order valence-electron chi connectivity index (χ4n) is 1.57. The molecular weight excluding hydrogens is 246 g/mol. The van der Waals surface area contributed by atoms with Gasteiger partial charge < -0.3 is 19.7 Å². The van der Waals surface area contributed by atoms with E-state index in [1.807, 2.05) is 0 Å². The summed E-state index contributed by atoms with van der Waals surface area (Å²) in [6.07, 6.45) is 1.57. The molecule has 1 amide bonds. The third-order valence-electron chi connectivity index (χ3n) is 2.68. The number of rotatable bonds is 8. The molecule has 1 heterocycles. The van der Waals surface area contributed by atoms with Crippen LogP contribution in [0.25, 0.3) is 0 Å². The van der Waals surface area contributed by atoms with E-state index < -0.39 is 0 Å². The van der Waals surface area contributed by atoms with Gasteiger partial charge in [-0.15, -0.1) is 0 Å². The van der Waals surface area contributed by atoms with Crippen molar-refractivity contribution < 1.29 is 14.3 Å². The SMILES string of the molecule is CNc1ccc(C(=O)N(CCOC)CCOC)cn1. The normalized spacial score (nSPS) is 10.3. The molecule has 6 nitrogen and oxygen atoms in total. The van der Waals surface area contributed by atoms with E-state index in [0.29, 0.717) is 31.9 Å². The van der Waals surface area contributed by atoms with E-state index in [0.717, 1.165) is 5.82 Å². The number of ether oxygens (including phenoxy) is 2. The van der Waals surface area contributed by atoms with E-state index >= 15 is 0 Å². The van der Waals surface area contributed by atoms with Gasteiger partial charge >= 0.3 is 0 Å². The molecule has 0 atom stereocenters. The lowest BCUT2D eigenvalue weighted by molar-refractivity contribution is 0.0627. The summed E-state index contributed by atoms with van der Waals surface area (Å²) < 4.78 is 10.0. The van der Waals surface area contributed by atoms with Crippen LogP contribution in [0.3, 0.4) is 0 Å². The fourth-order valence-corrected chi connectivity index (χ4v) is 1.57. The van der Waals surface area contributed by atoms with Crippen LogP contribution in [-0.4, -0.2) is 63.4 Å². The van der Waals surface area contributed by atoms with E-state index in [2.05, 4.69) is 10.3 Å². The van der Waals surface area contributed by atoms with E-state index in [-0.39, 0.29) is 5.91 Å². The van der Waals surface area contributed by atoms with Gasteiger partial charge in [0, 0.05) is 40.6 Å². The minimum Gasteiger partial charge on any atom is -0.383 e. The number of anilines is 1. The van der Waals surface area contributed by atoms with Crippen LogP contribution in [0.5, 0.6) is 0 Å². The first kappa shape index (κ1) is 15.4. The average Bonchev–Trinajstić information content (AvgIpc) is 2.47. The molecule has 0 bridgehead atoms. The molecule has 0 aliphatic carbocycles. The summed E-state index contributed by atoms with van der Waals surface area (Å²) in [4.78, 5) is 18.1. The average molecular weight is 267 g/mol. The molecule has 6 heteroatoms. The van der Waals surface area contributed by atoms with Crippen LogP contribution >= 0.6 is 0 Å². The lowest BCUT2D eigenvalue weighted by Crippen LogP contribution is -2.36. The largest absolute Gasteiger partial charge is 0.383 e. The van der Waals surface area contributed by atoms with E-state index in [1.165, 1.54) is 0 Å². The Kier molecular flexibility index (Phi) is 6.84. The number of methoxy groups -OCH3 is 2. The molecule has 19 heavy (non-hydrogen) atoms. The molecule has 106 valence electrons. The maximum Gasteiger partial charge on any atom is 0.255 e. The standard InChI is InChI=1S/C13H21N3O3/c1-14-12-5-4-11(10-15-12)13(17)16(6-8-18-2)7-9-19-3/h4-5,10H,6-9H2,1-3H3,(H,14,15). The minimum atomic E-state index is -0.0655. The van der Waals surface area contributed by atoms with Gasteiger partial charge in [0.15, 0.2) is 0 Å². The zero-order chi connectivity index (χ0) is 14.1. The molecule has 0 aliphatic rings. The van der Waals surface area contributed by atoms with Crippen LogP contribution in [0.2, 0.25) is 0 Å². The van der Waals surface area contributed by atoms with Crippen molar-refractivity contribution in [3.8, 4) is 0 Å². The molecule has 0 aromatic carbocycles. The molecular formula is C13H21N3O3. The highest BCUT2D eigenvalue weighted by molar-refractivity contribution is 5.94. The minimum absolute atomic E-state index is 0.0655. The van der Waals surface area contributed by atoms with Gasteiger partial charge in [0.2, 0.25) is 0 Å². The Hall–Kier alpha value is -1.66. The zero-order valence-corrected chi connectivity index (χ0v) is 11.7. The Morgan fingerprint density at radius 3 is 2.32 bits per heavy atom. The van der Waals surface area contributed by atoms with Crippen LogP contribution in [-0.2, 0) is 9.47 Å². The summed E-state index contributed by atoms with van der Waals surface area (Å²) in [6, 6.07) is 3.53. The fraction of sp³-hybridized carbons (Fsp3) is 0.538. The molecule has 1 rings (SSSR count). The van der Waals surface area contributed by atoms with Crippen LogP contribution in [0.4, 0.5) is 5.82 Å². The van der Waals surface area contributed by atoms with Gasteiger partial charge in [-0.1, -0.05) is 0 Å². The Morgan fingerprint density at radius 2 is 1.89 bits per heavy atom. The second-order valence-electron chi connectivity index (χ2n) is 3.96. The van der Waals surface area contributed by atoms with Crippen LogP contribution in [0.1, 0.15) is 10.4 Å². The van der Waals surface area contributed by atoms with Crippen LogP contribution < -0.4 is 5.32 Å². The molecule has 1 aromatic rings. The van der Waals surface area contributed by atoms with Gasteiger partial charge in [-0.2, -0.15) is 0 Å². The van der Waals surface area contributed by atoms with Crippen molar-refractivity contribution in [3.05, 3.63) is 23.9 Å². The maximum absolute atomic E-state index is 12.3. The molecule has 0 spiro atoms. The summed E-state index contributed by atoms with van der Waals surface area (Å²) in [7, 11) is 5.01. The van der Waals surface area contributed by atoms with E-state index in [9.17, 15) is 4.79 Å². The number of nitrogens with zero attached hydrogens (tertiary/aromatic N) is 2. The second-order valence-corrected chi connectivity index (χ2v) is 3.96. The smallest absolute Gasteiger partial charge is 0.255 e. The Labute approximate surface area is 113 Å². The first-order valence-electron chi connectivity index (χ1n) is 6.14. The van der Waals surface area contributed by atoms with Crippen LogP contribution in [0, 0.1) is 0 Å². The number of nitrogens with one attached hydrogen (secondary N) is 1. The molecule has 0 aliphatic heterocycles. The van der Waals surface area contributed by atoms with Crippen molar-refractivity contribution in [2.45, 2.75) is 0 Å². The number of amides is 1. The molecule has 0 saturated heterocycles. The highest BCUT2D eigenvalue weighted by Gasteiger charge is 2.15. The molecule has 0 unspecified atom stereocenters. The molecule has 1 N–H and O–H groups in total. The Morgan fingerprint density at radius 1 is 1.26 bits per heavy atom. The summed E-state index contributed by atoms with van der Waals surface area (Å²) in [5.41, 5.74) is 0.561. The zero-order valence-electron chi connectivity index (χ0n) is 11.7. The van der Waals surface area contributed by atoms with Crippen molar-refractivity contribution in [1.82, 2.24) is 9.88 Å². The molecule has 0 fully saturated rings. The van der Waals surface area contributed by atoms with Crippen molar-refractivity contribution >= 4 is 11.7 Å². The third kappa shape index (κ3) is 4.84. The predicted octanol–water partition coefficient (Wildman–Crippen LogP) is 0.858. The summed E-state index contributed by atoms with van der Waals surface area (Å²) in [5, 5.41) is 2.91. The summed E-state index contributed by atoms with van der Waals surface area (Å²) in [6.45, 7) is 2.06. The Bertz CT molecular complexity index is 373. The van der Waals surface area contributed by atoms with Crippen molar-refractivity contribution in [2.75, 3.05) is 52.9 Å². The third-order valence-corrected chi connectivity index (χ3v) is 2.68. The highest BCUT2D eigenvalue weighted by Crippen LogP contribution is 2.07. The highest BCUT2D eigenvalue weighted by atomic mass is 16.5. The van der Waals surface area contributed by atoms with Gasteiger partial charge in [-0.25, -0.2) is 4.98 Å². The van der Waals surface area contributed by atoms with E-state index in [4.69, 9.17) is 9.47 Å². The van der Waals surface area contributed by atoms with Gasteiger partial charge in [-0.05, 0) is 12.1 Å². The first-order chi connectivity index (χ1) is 9.22. The number of aromatic nitrogens is 1. The lowest BCUT2D eigenvalue weighted by Gasteiger charge is -2.22. The summed E-state index contributed by atoms with van der Waals surface area (Å²) >= 11 is 0. The molecule has 0 radical (unpaired) electrons. The second kappa shape index (κ2) is 8.44. The molecule has 1 aromatic heterocycles. The monoisotopic (exact) mass is 267 g/mol. The van der Waals surface area contributed by atoms with Crippen LogP contribution in [0.15, 0.2) is 18.3 Å². The van der Waals surface area contributed by atoms with Gasteiger partial charge in [-0.3, -0.25) is 4.79 Å². The van der Waals surface area contributed by atoms with E-state index in [1.54, 1.807) is 44.5 Å². The molecule has 0 saturated carbocycles. The van der Waals surface area contributed by atoms with Crippen molar-refractivity contribution in [3.63, 3.8) is 0 Å². The van der Waals surface area contributed by atoms with Gasteiger partial charge in [0.05, 0.1) is 18.8 Å². The topological polar surface area (TPSA) is 63.7 Å². The summed E-state index contributed by atoms with van der Waals surface area (Å²) in [5.74, 6) is 0.668. The van der Waals surface area contributed by atoms with Gasteiger partial charge in [0.25, 0.3) is 5.91 Å². The lowest BCUT2D eigenvalue weighted by atomic mass is 10.2. The maximum atomic E-state index is 12.3. The number of hydrogen-bond donors (Lipinski definition) is 1. The number of hydrogen-bond acceptors (Lipinski definition) is 5. The number of pyridine rings is 1. The predicted molar refractivity (Wildman–Crippen MR) is 73.4 cm³/mol. The Balaban J connectivity index is 2.72. The van der Waals surface area contributed by atoms with Crippen molar-refractivity contribution in [1.29, 1.82) is 0 Å². The number of carbonyl (C=O) groups excluding carboxylic acids is 1.